The Morgan fingerprint density at radius 1 is 1.33 bits per heavy atom. The zero-order chi connectivity index (χ0) is 13.2. The zero-order valence-electron chi connectivity index (χ0n) is 10.9. The van der Waals surface area contributed by atoms with Gasteiger partial charge in [0, 0.05) is 12.2 Å². The number of unbranched alkanes of at least 4 members (excludes halogenated alkanes) is 1. The minimum absolute atomic E-state index is 0.102. The summed E-state index contributed by atoms with van der Waals surface area (Å²) >= 11 is 0. The van der Waals surface area contributed by atoms with E-state index in [1.54, 1.807) is 13.0 Å². The summed E-state index contributed by atoms with van der Waals surface area (Å²) in [5, 5.41) is 0. The largest absolute Gasteiger partial charge is 0.377 e. The molecule has 0 amide bonds. The summed E-state index contributed by atoms with van der Waals surface area (Å²) in [6, 6.07) is 7.63. The molecule has 1 rings (SSSR count). The van der Waals surface area contributed by atoms with Crippen LogP contribution in [0.15, 0.2) is 43.0 Å². The third kappa shape index (κ3) is 5.60. The van der Waals surface area contributed by atoms with Gasteiger partial charge in [0.1, 0.15) is 0 Å². The number of Topliss-reactive ketones (excluding diaryl/α,β-unsaturated/α-hetero) is 1. The molecule has 2 nitrogen and oxygen atoms in total. The van der Waals surface area contributed by atoms with Crippen LogP contribution in [0.25, 0.3) is 6.08 Å². The van der Waals surface area contributed by atoms with E-state index in [0.29, 0.717) is 6.61 Å². The Morgan fingerprint density at radius 3 is 2.67 bits per heavy atom. The summed E-state index contributed by atoms with van der Waals surface area (Å²) in [5.74, 6) is 0.102. The van der Waals surface area contributed by atoms with E-state index in [9.17, 15) is 4.79 Å². The van der Waals surface area contributed by atoms with E-state index in [1.165, 1.54) is 0 Å². The van der Waals surface area contributed by atoms with Crippen LogP contribution in [-0.2, 0) is 4.74 Å². The molecule has 18 heavy (non-hydrogen) atoms. The van der Waals surface area contributed by atoms with Crippen molar-refractivity contribution < 1.29 is 9.53 Å². The summed E-state index contributed by atoms with van der Waals surface area (Å²) in [6.07, 6.45) is 7.95. The lowest BCUT2D eigenvalue weighted by Crippen LogP contribution is -1.92. The first-order valence-corrected chi connectivity index (χ1v) is 6.20. The summed E-state index contributed by atoms with van der Waals surface area (Å²) in [6.45, 7) is 6.55. The Hall–Kier alpha value is -1.67. The number of carbonyl (C=O) groups is 1. The van der Waals surface area contributed by atoms with Crippen molar-refractivity contribution in [3.8, 4) is 0 Å². The topological polar surface area (TPSA) is 26.3 Å². The Morgan fingerprint density at radius 2 is 2.06 bits per heavy atom. The van der Waals surface area contributed by atoms with Crippen LogP contribution in [-0.4, -0.2) is 19.0 Å². The second kappa shape index (κ2) is 8.43. The molecule has 1 aromatic carbocycles. The average molecular weight is 244 g/mol. The van der Waals surface area contributed by atoms with Crippen molar-refractivity contribution in [2.24, 2.45) is 0 Å². The highest BCUT2D eigenvalue weighted by Gasteiger charge is 1.96. The third-order valence-corrected chi connectivity index (χ3v) is 2.52. The maximum atomic E-state index is 11.1. The first-order chi connectivity index (χ1) is 8.74. The van der Waals surface area contributed by atoms with Gasteiger partial charge < -0.3 is 4.74 Å². The molecule has 0 atom stereocenters. The molecule has 0 N–H and O–H groups in total. The molecule has 0 saturated carbocycles. The molecular formula is C16H20O2. The van der Waals surface area contributed by atoms with Gasteiger partial charge in [-0.25, -0.2) is 0 Å². The lowest BCUT2D eigenvalue weighted by Gasteiger charge is -1.98. The molecule has 0 unspecified atom stereocenters. The number of ketones is 1. The van der Waals surface area contributed by atoms with Crippen molar-refractivity contribution in [2.45, 2.75) is 19.8 Å². The Balaban J connectivity index is 2.29. The Kier molecular flexibility index (Phi) is 6.74. The molecule has 0 saturated heterocycles. The standard InChI is InChI=1S/C16H20O2/c1-3-12-18-13-6-4-5-7-15-8-10-16(11-9-15)14(2)17/h3,5,7-11H,1,4,6,12-13H2,2H3/b7-5-. The number of benzene rings is 1. The van der Waals surface area contributed by atoms with Gasteiger partial charge in [-0.3, -0.25) is 4.79 Å². The monoisotopic (exact) mass is 244 g/mol. The number of rotatable bonds is 8. The zero-order valence-corrected chi connectivity index (χ0v) is 10.9. The van der Waals surface area contributed by atoms with Crippen molar-refractivity contribution in [2.75, 3.05) is 13.2 Å². The number of allylic oxidation sites excluding steroid dienone is 1. The molecule has 96 valence electrons. The van der Waals surface area contributed by atoms with Crippen LogP contribution in [0.5, 0.6) is 0 Å². The molecule has 1 aromatic rings. The van der Waals surface area contributed by atoms with Crippen LogP contribution in [0.2, 0.25) is 0 Å². The van der Waals surface area contributed by atoms with Crippen molar-refractivity contribution in [1.29, 1.82) is 0 Å². The van der Waals surface area contributed by atoms with Gasteiger partial charge in [0.05, 0.1) is 6.61 Å². The van der Waals surface area contributed by atoms with Crippen molar-refractivity contribution >= 4 is 11.9 Å². The molecule has 0 aliphatic carbocycles. The smallest absolute Gasteiger partial charge is 0.159 e. The van der Waals surface area contributed by atoms with Crippen LogP contribution in [0.3, 0.4) is 0 Å². The van der Waals surface area contributed by atoms with Gasteiger partial charge in [-0.05, 0) is 25.3 Å². The maximum absolute atomic E-state index is 11.1. The van der Waals surface area contributed by atoms with Crippen LogP contribution < -0.4 is 0 Å². The SMILES string of the molecule is C=CCOCCC/C=C\c1ccc(C(C)=O)cc1. The number of carbonyl (C=O) groups excluding carboxylic acids is 1. The van der Waals surface area contributed by atoms with E-state index < -0.39 is 0 Å². The second-order valence-corrected chi connectivity index (χ2v) is 4.09. The molecule has 0 radical (unpaired) electrons. The van der Waals surface area contributed by atoms with Crippen molar-refractivity contribution in [3.05, 3.63) is 54.1 Å². The summed E-state index contributed by atoms with van der Waals surface area (Å²) in [4.78, 5) is 11.1. The fourth-order valence-corrected chi connectivity index (χ4v) is 1.52. The first-order valence-electron chi connectivity index (χ1n) is 6.20. The van der Waals surface area contributed by atoms with E-state index in [4.69, 9.17) is 4.74 Å². The molecule has 0 bridgehead atoms. The highest BCUT2D eigenvalue weighted by molar-refractivity contribution is 5.94. The van der Waals surface area contributed by atoms with Crippen LogP contribution in [0.4, 0.5) is 0 Å². The second-order valence-electron chi connectivity index (χ2n) is 4.09. The van der Waals surface area contributed by atoms with E-state index in [1.807, 2.05) is 24.3 Å². The van der Waals surface area contributed by atoms with Gasteiger partial charge >= 0.3 is 0 Å². The summed E-state index contributed by atoms with van der Waals surface area (Å²) in [5.41, 5.74) is 1.87. The molecule has 0 heterocycles. The number of ether oxygens (including phenoxy) is 1. The van der Waals surface area contributed by atoms with E-state index >= 15 is 0 Å². The fourth-order valence-electron chi connectivity index (χ4n) is 1.52. The van der Waals surface area contributed by atoms with Gasteiger partial charge in [0.2, 0.25) is 0 Å². The average Bonchev–Trinajstić information content (AvgIpc) is 2.38. The van der Waals surface area contributed by atoms with Crippen molar-refractivity contribution in [1.82, 2.24) is 0 Å². The van der Waals surface area contributed by atoms with Gasteiger partial charge in [-0.15, -0.1) is 6.58 Å². The molecule has 0 aromatic heterocycles. The van der Waals surface area contributed by atoms with Crippen LogP contribution >= 0.6 is 0 Å². The van der Waals surface area contributed by atoms with Crippen LogP contribution in [0.1, 0.15) is 35.7 Å². The van der Waals surface area contributed by atoms with Crippen molar-refractivity contribution in [3.63, 3.8) is 0 Å². The number of hydrogen-bond acceptors (Lipinski definition) is 2. The third-order valence-electron chi connectivity index (χ3n) is 2.52. The summed E-state index contributed by atoms with van der Waals surface area (Å²) in [7, 11) is 0. The van der Waals surface area contributed by atoms with Crippen LogP contribution in [0, 0.1) is 0 Å². The highest BCUT2D eigenvalue weighted by atomic mass is 16.5. The molecular weight excluding hydrogens is 224 g/mol. The minimum Gasteiger partial charge on any atom is -0.377 e. The predicted octanol–water partition coefficient (Wildman–Crippen LogP) is 3.89. The molecule has 2 heteroatoms. The predicted molar refractivity (Wildman–Crippen MR) is 75.7 cm³/mol. The van der Waals surface area contributed by atoms with Gasteiger partial charge in [0.25, 0.3) is 0 Å². The lowest BCUT2D eigenvalue weighted by atomic mass is 10.1. The molecule has 0 aliphatic rings. The van der Waals surface area contributed by atoms with Gasteiger partial charge in [-0.2, -0.15) is 0 Å². The Labute approximate surface area is 109 Å². The lowest BCUT2D eigenvalue weighted by molar-refractivity contribution is 0.101. The molecule has 0 spiro atoms. The maximum Gasteiger partial charge on any atom is 0.159 e. The number of hydrogen-bond donors (Lipinski definition) is 0. The van der Waals surface area contributed by atoms with Gasteiger partial charge in [-0.1, -0.05) is 42.5 Å². The quantitative estimate of drug-likeness (QED) is 0.394. The van der Waals surface area contributed by atoms with Gasteiger partial charge in [0.15, 0.2) is 5.78 Å². The molecule has 0 aliphatic heterocycles. The Bertz CT molecular complexity index is 402. The minimum atomic E-state index is 0.102. The molecule has 0 fully saturated rings. The van der Waals surface area contributed by atoms with E-state index in [2.05, 4.69) is 18.7 Å². The van der Waals surface area contributed by atoms with E-state index in [0.717, 1.165) is 30.6 Å². The highest BCUT2D eigenvalue weighted by Crippen LogP contribution is 2.07. The first kappa shape index (κ1) is 14.4. The fraction of sp³-hybridized carbons (Fsp3) is 0.312. The normalized spacial score (nSPS) is 10.7. The van der Waals surface area contributed by atoms with E-state index in [-0.39, 0.29) is 5.78 Å². The summed E-state index contributed by atoms with van der Waals surface area (Å²) < 4.78 is 5.29.